The van der Waals surface area contributed by atoms with Crippen LogP contribution >= 0.6 is 43.9 Å². The van der Waals surface area contributed by atoms with Crippen LogP contribution in [0.15, 0.2) is 29.3 Å². The van der Waals surface area contributed by atoms with Gasteiger partial charge in [0.15, 0.2) is 0 Å². The number of rotatable bonds is 2. The third-order valence-electron chi connectivity index (χ3n) is 1.85. The molecule has 2 rings (SSSR count). The molecule has 0 fully saturated rings. The minimum atomic E-state index is -0.457. The number of hydrogen-bond donors (Lipinski definition) is 0. The summed E-state index contributed by atoms with van der Waals surface area (Å²) in [6.07, 6.45) is 0. The van der Waals surface area contributed by atoms with Crippen molar-refractivity contribution in [3.8, 4) is 0 Å². The summed E-state index contributed by atoms with van der Waals surface area (Å²) in [4.78, 5) is 14.3. The largest absolute Gasteiger partial charge is 0.269 e. The van der Waals surface area contributed by atoms with Gasteiger partial charge in [0, 0.05) is 12.1 Å². The zero-order valence-corrected chi connectivity index (χ0v) is 11.2. The minimum absolute atomic E-state index is 0.0297. The molecule has 0 bridgehead atoms. The molecular formula is C9H4Cl2N2O2S2. The molecule has 4 nitrogen and oxygen atoms in total. The van der Waals surface area contributed by atoms with Gasteiger partial charge in [-0.3, -0.25) is 10.1 Å². The van der Waals surface area contributed by atoms with E-state index in [1.807, 2.05) is 0 Å². The van der Waals surface area contributed by atoms with Crippen molar-refractivity contribution in [3.63, 3.8) is 0 Å². The first-order valence-corrected chi connectivity index (χ1v) is 7.22. The number of nitro groups is 1. The fraction of sp³-hybridized carbons (Fsp3) is 0. The summed E-state index contributed by atoms with van der Waals surface area (Å²) in [5.41, 5.74) is 0.630. The molecule has 0 radical (unpaired) electrons. The molecule has 0 saturated carbocycles. The fourth-order valence-electron chi connectivity index (χ4n) is 1.07. The molecule has 0 aliphatic carbocycles. The first kappa shape index (κ1) is 12.5. The quantitative estimate of drug-likeness (QED) is 0.473. The van der Waals surface area contributed by atoms with Crippen molar-refractivity contribution < 1.29 is 4.92 Å². The Morgan fingerprint density at radius 3 is 2.29 bits per heavy atom. The van der Waals surface area contributed by atoms with Crippen LogP contribution in [-0.2, 0) is 0 Å². The topological polar surface area (TPSA) is 55.5 Å². The number of nitrogens with zero attached hydrogens (tertiary/aromatic N) is 2. The molecule has 1 heterocycles. The maximum atomic E-state index is 10.5. The Balaban J connectivity index is 2.40. The maximum absolute atomic E-state index is 10.5. The van der Waals surface area contributed by atoms with Crippen LogP contribution < -0.4 is 4.67 Å². The first-order chi connectivity index (χ1) is 8.08. The molecule has 2 aromatic rings. The zero-order chi connectivity index (χ0) is 12.4. The molecule has 88 valence electrons. The van der Waals surface area contributed by atoms with Gasteiger partial charge in [-0.1, -0.05) is 43.9 Å². The summed E-state index contributed by atoms with van der Waals surface area (Å²) >= 11 is 11.7. The third kappa shape index (κ3) is 2.84. The first-order valence-electron chi connectivity index (χ1n) is 4.31. The lowest BCUT2D eigenvalue weighted by molar-refractivity contribution is -0.384. The van der Waals surface area contributed by atoms with E-state index in [0.717, 1.165) is 0 Å². The second-order valence-electron chi connectivity index (χ2n) is 2.94. The Labute approximate surface area is 113 Å². The molecule has 0 spiro atoms. The van der Waals surface area contributed by atoms with Gasteiger partial charge in [-0.05, 0) is 12.1 Å². The minimum Gasteiger partial charge on any atom is -0.258 e. The SMILES string of the molecule is O=[N+]([O-])c1ccc(N=c2ssc(Cl)c2Cl)cc1. The molecule has 0 saturated heterocycles. The highest BCUT2D eigenvalue weighted by atomic mass is 35.5. The van der Waals surface area contributed by atoms with Crippen LogP contribution in [0.1, 0.15) is 0 Å². The highest BCUT2D eigenvalue weighted by Gasteiger charge is 2.05. The Morgan fingerprint density at radius 1 is 1.18 bits per heavy atom. The molecule has 0 aliphatic rings. The van der Waals surface area contributed by atoms with Crippen LogP contribution in [-0.4, -0.2) is 4.92 Å². The van der Waals surface area contributed by atoms with Gasteiger partial charge in [0.05, 0.1) is 10.6 Å². The summed E-state index contributed by atoms with van der Waals surface area (Å²) in [6, 6.07) is 5.91. The normalized spacial score (nSPS) is 11.8. The second-order valence-corrected chi connectivity index (χ2v) is 6.05. The van der Waals surface area contributed by atoms with Crippen molar-refractivity contribution in [2.45, 2.75) is 0 Å². The Hall–Kier alpha value is -0.950. The second kappa shape index (κ2) is 5.14. The van der Waals surface area contributed by atoms with Crippen molar-refractivity contribution in [2.75, 3.05) is 0 Å². The van der Waals surface area contributed by atoms with Gasteiger partial charge in [-0.15, -0.1) is 0 Å². The lowest BCUT2D eigenvalue weighted by atomic mass is 10.3. The molecule has 0 aliphatic heterocycles. The average molecular weight is 307 g/mol. The number of non-ortho nitro benzene ring substituents is 1. The Kier molecular flexibility index (Phi) is 3.78. The highest BCUT2D eigenvalue weighted by molar-refractivity contribution is 7.69. The van der Waals surface area contributed by atoms with Crippen LogP contribution in [0.5, 0.6) is 0 Å². The molecule has 17 heavy (non-hydrogen) atoms. The summed E-state index contributed by atoms with van der Waals surface area (Å²) in [7, 11) is 2.69. The van der Waals surface area contributed by atoms with E-state index >= 15 is 0 Å². The van der Waals surface area contributed by atoms with Crippen molar-refractivity contribution in [1.82, 2.24) is 0 Å². The van der Waals surface area contributed by atoms with Gasteiger partial charge in [-0.2, -0.15) is 0 Å². The van der Waals surface area contributed by atoms with Gasteiger partial charge in [0.2, 0.25) is 0 Å². The highest BCUT2D eigenvalue weighted by Crippen LogP contribution is 2.27. The molecular weight excluding hydrogens is 303 g/mol. The summed E-state index contributed by atoms with van der Waals surface area (Å²) in [5.74, 6) is 0. The number of benzene rings is 1. The van der Waals surface area contributed by atoms with Gasteiger partial charge >= 0.3 is 0 Å². The van der Waals surface area contributed by atoms with Crippen LogP contribution in [0, 0.1) is 10.1 Å². The van der Waals surface area contributed by atoms with Gasteiger partial charge in [-0.25, -0.2) is 4.99 Å². The van der Waals surface area contributed by atoms with E-state index in [0.29, 0.717) is 19.7 Å². The van der Waals surface area contributed by atoms with Crippen molar-refractivity contribution in [1.29, 1.82) is 0 Å². The smallest absolute Gasteiger partial charge is 0.258 e. The van der Waals surface area contributed by atoms with Crippen LogP contribution in [0.25, 0.3) is 0 Å². The van der Waals surface area contributed by atoms with Gasteiger partial charge in [0.25, 0.3) is 5.69 Å². The number of halogens is 2. The monoisotopic (exact) mass is 306 g/mol. The predicted molar refractivity (Wildman–Crippen MR) is 70.5 cm³/mol. The molecule has 8 heteroatoms. The standard InChI is InChI=1S/C9H4Cl2N2O2S2/c10-7-8(11)16-17-9(7)12-5-1-3-6(4-2-5)13(14)15/h1-4H. The van der Waals surface area contributed by atoms with E-state index < -0.39 is 4.92 Å². The number of hydrogen-bond acceptors (Lipinski definition) is 5. The zero-order valence-electron chi connectivity index (χ0n) is 8.09. The van der Waals surface area contributed by atoms with Gasteiger partial charge in [0.1, 0.15) is 14.0 Å². The summed E-state index contributed by atoms with van der Waals surface area (Å²) in [6.45, 7) is 0. The molecule has 0 amide bonds. The van der Waals surface area contributed by atoms with Crippen LogP contribution in [0.3, 0.4) is 0 Å². The number of nitro benzene ring substituents is 1. The predicted octanol–water partition coefficient (Wildman–Crippen LogP) is 4.26. The molecule has 1 aromatic carbocycles. The van der Waals surface area contributed by atoms with Crippen LogP contribution in [0.2, 0.25) is 9.36 Å². The van der Waals surface area contributed by atoms with E-state index in [2.05, 4.69) is 4.99 Å². The fourth-order valence-corrected chi connectivity index (χ4v) is 3.82. The Morgan fingerprint density at radius 2 is 1.82 bits per heavy atom. The van der Waals surface area contributed by atoms with Crippen molar-refractivity contribution in [2.24, 2.45) is 4.99 Å². The van der Waals surface area contributed by atoms with E-state index in [1.165, 1.54) is 32.8 Å². The van der Waals surface area contributed by atoms with Gasteiger partial charge < -0.3 is 0 Å². The van der Waals surface area contributed by atoms with E-state index in [4.69, 9.17) is 23.2 Å². The maximum Gasteiger partial charge on any atom is 0.269 e. The summed E-state index contributed by atoms with van der Waals surface area (Å²) < 4.78 is 1.10. The average Bonchev–Trinajstić information content (AvgIpc) is 2.62. The van der Waals surface area contributed by atoms with Crippen molar-refractivity contribution >= 4 is 55.3 Å². The summed E-state index contributed by atoms with van der Waals surface area (Å²) in [5, 5.41) is 10.9. The molecule has 0 unspecified atom stereocenters. The van der Waals surface area contributed by atoms with Crippen molar-refractivity contribution in [3.05, 3.63) is 48.4 Å². The lowest BCUT2D eigenvalue weighted by Crippen LogP contribution is -1.92. The Bertz CT molecular complexity index is 619. The lowest BCUT2D eigenvalue weighted by Gasteiger charge is -1.92. The van der Waals surface area contributed by atoms with Crippen LogP contribution in [0.4, 0.5) is 11.4 Å². The molecule has 1 aromatic heterocycles. The molecule has 0 N–H and O–H groups in total. The van der Waals surface area contributed by atoms with E-state index in [1.54, 1.807) is 12.1 Å². The molecule has 0 atom stereocenters. The third-order valence-corrected chi connectivity index (χ3v) is 5.34. The van der Waals surface area contributed by atoms with E-state index in [9.17, 15) is 10.1 Å². The van der Waals surface area contributed by atoms with E-state index in [-0.39, 0.29) is 5.69 Å².